The van der Waals surface area contributed by atoms with Crippen LogP contribution in [0.2, 0.25) is 5.02 Å². The van der Waals surface area contributed by atoms with Crippen LogP contribution in [0.3, 0.4) is 0 Å². The van der Waals surface area contributed by atoms with Gasteiger partial charge in [0.2, 0.25) is 5.91 Å². The maximum absolute atomic E-state index is 11.9. The van der Waals surface area contributed by atoms with E-state index in [1.807, 2.05) is 6.92 Å². The Labute approximate surface area is 110 Å². The molecule has 1 atom stereocenters. The topological polar surface area (TPSA) is 66.4 Å². The van der Waals surface area contributed by atoms with Gasteiger partial charge in [-0.25, -0.2) is 4.79 Å². The molecular formula is C13H14ClNO3. The predicted octanol–water partition coefficient (Wildman–Crippen LogP) is 3.02. The van der Waals surface area contributed by atoms with Crippen molar-refractivity contribution in [2.24, 2.45) is 11.8 Å². The zero-order valence-electron chi connectivity index (χ0n) is 9.94. The minimum atomic E-state index is -1.08. The quantitative estimate of drug-likeness (QED) is 0.881. The molecule has 1 fully saturated rings. The molecule has 1 aliphatic rings. The lowest BCUT2D eigenvalue weighted by atomic mass is 10.1. The maximum atomic E-state index is 11.9. The van der Waals surface area contributed by atoms with Gasteiger partial charge >= 0.3 is 5.97 Å². The fraction of sp³-hybridized carbons (Fsp3) is 0.385. The molecule has 1 amide bonds. The number of amides is 1. The minimum Gasteiger partial charge on any atom is -0.478 e. The summed E-state index contributed by atoms with van der Waals surface area (Å²) in [6.07, 6.45) is 2.21. The number of hydrogen-bond acceptors (Lipinski definition) is 2. The number of aromatic carboxylic acids is 1. The number of carboxylic acid groups (broad SMARTS) is 1. The van der Waals surface area contributed by atoms with Crippen LogP contribution in [0.25, 0.3) is 0 Å². The summed E-state index contributed by atoms with van der Waals surface area (Å²) < 4.78 is 0. The van der Waals surface area contributed by atoms with Gasteiger partial charge in [-0.3, -0.25) is 4.79 Å². The van der Waals surface area contributed by atoms with Gasteiger partial charge in [-0.15, -0.1) is 0 Å². The molecule has 2 rings (SSSR count). The lowest BCUT2D eigenvalue weighted by Gasteiger charge is -2.11. The second-order valence-electron chi connectivity index (χ2n) is 4.62. The Morgan fingerprint density at radius 3 is 2.61 bits per heavy atom. The Bertz CT molecular complexity index is 497. The number of carbonyl (C=O) groups is 2. The van der Waals surface area contributed by atoms with Gasteiger partial charge in [0.05, 0.1) is 10.6 Å². The Kier molecular flexibility index (Phi) is 3.57. The second-order valence-corrected chi connectivity index (χ2v) is 5.02. The lowest BCUT2D eigenvalue weighted by molar-refractivity contribution is -0.119. The third kappa shape index (κ3) is 2.82. The molecule has 0 bridgehead atoms. The van der Waals surface area contributed by atoms with Gasteiger partial charge in [0.1, 0.15) is 0 Å². The number of nitrogens with one attached hydrogen (secondary N) is 1. The van der Waals surface area contributed by atoms with Crippen molar-refractivity contribution in [1.29, 1.82) is 0 Å². The number of carbonyl (C=O) groups excluding carboxylic acids is 1. The molecule has 1 unspecified atom stereocenters. The van der Waals surface area contributed by atoms with E-state index < -0.39 is 5.97 Å². The Morgan fingerprint density at radius 2 is 2.11 bits per heavy atom. The highest BCUT2D eigenvalue weighted by atomic mass is 35.5. The van der Waals surface area contributed by atoms with Crippen molar-refractivity contribution in [1.82, 2.24) is 0 Å². The number of carboxylic acids is 1. The smallest absolute Gasteiger partial charge is 0.337 e. The molecule has 0 aromatic heterocycles. The van der Waals surface area contributed by atoms with Crippen LogP contribution in [0.5, 0.6) is 0 Å². The second kappa shape index (κ2) is 4.98. The summed E-state index contributed by atoms with van der Waals surface area (Å²) in [5.74, 6) is -0.650. The highest BCUT2D eigenvalue weighted by Crippen LogP contribution is 2.37. The van der Waals surface area contributed by atoms with Gasteiger partial charge < -0.3 is 10.4 Å². The van der Waals surface area contributed by atoms with Gasteiger partial charge in [-0.2, -0.15) is 0 Å². The third-order valence-electron chi connectivity index (χ3n) is 3.21. The summed E-state index contributed by atoms with van der Waals surface area (Å²) in [4.78, 5) is 22.6. The van der Waals surface area contributed by atoms with Crippen LogP contribution in [-0.4, -0.2) is 17.0 Å². The molecule has 0 heterocycles. The SMILES string of the molecule is CC(C(=O)Nc1ccc(C(=O)O)c(Cl)c1)C1CC1. The predicted molar refractivity (Wildman–Crippen MR) is 68.9 cm³/mol. The molecule has 4 nitrogen and oxygen atoms in total. The molecule has 0 saturated heterocycles. The number of rotatable bonds is 4. The average Bonchev–Trinajstić information content (AvgIpc) is 3.11. The van der Waals surface area contributed by atoms with Crippen molar-refractivity contribution < 1.29 is 14.7 Å². The summed E-state index contributed by atoms with van der Waals surface area (Å²) in [5.41, 5.74) is 0.562. The van der Waals surface area contributed by atoms with E-state index >= 15 is 0 Å². The Morgan fingerprint density at radius 1 is 1.44 bits per heavy atom. The van der Waals surface area contributed by atoms with E-state index in [4.69, 9.17) is 16.7 Å². The molecule has 0 radical (unpaired) electrons. The fourth-order valence-electron chi connectivity index (χ4n) is 1.83. The third-order valence-corrected chi connectivity index (χ3v) is 3.52. The molecule has 1 aromatic carbocycles. The van der Waals surface area contributed by atoms with Crippen LogP contribution in [0.15, 0.2) is 18.2 Å². The van der Waals surface area contributed by atoms with Crippen LogP contribution < -0.4 is 5.32 Å². The summed E-state index contributed by atoms with van der Waals surface area (Å²) >= 11 is 5.83. The first-order valence-corrected chi connectivity index (χ1v) is 6.20. The van der Waals surface area contributed by atoms with Crippen molar-refractivity contribution in [3.63, 3.8) is 0 Å². The van der Waals surface area contributed by atoms with Crippen LogP contribution in [0.4, 0.5) is 5.69 Å². The van der Waals surface area contributed by atoms with Crippen molar-refractivity contribution in [3.05, 3.63) is 28.8 Å². The van der Waals surface area contributed by atoms with E-state index in [2.05, 4.69) is 5.32 Å². The average molecular weight is 268 g/mol. The summed E-state index contributed by atoms with van der Waals surface area (Å²) in [6.45, 7) is 1.90. The first-order valence-electron chi connectivity index (χ1n) is 5.82. The first-order chi connectivity index (χ1) is 8.49. The van der Waals surface area contributed by atoms with Gasteiger partial charge in [0.25, 0.3) is 0 Å². The van der Waals surface area contributed by atoms with Crippen LogP contribution in [0, 0.1) is 11.8 Å². The lowest BCUT2D eigenvalue weighted by Crippen LogP contribution is -2.21. The van der Waals surface area contributed by atoms with Crippen LogP contribution >= 0.6 is 11.6 Å². The Hall–Kier alpha value is -1.55. The number of halogens is 1. The van der Waals surface area contributed by atoms with E-state index in [1.54, 1.807) is 6.07 Å². The molecule has 0 aliphatic heterocycles. The van der Waals surface area contributed by atoms with E-state index in [1.165, 1.54) is 12.1 Å². The molecule has 5 heteroatoms. The summed E-state index contributed by atoms with van der Waals surface area (Å²) in [5, 5.41) is 11.7. The normalized spacial score (nSPS) is 16.1. The van der Waals surface area contributed by atoms with E-state index in [9.17, 15) is 9.59 Å². The van der Waals surface area contributed by atoms with E-state index in [0.717, 1.165) is 12.8 Å². The Balaban J connectivity index is 2.07. The van der Waals surface area contributed by atoms with Crippen molar-refractivity contribution >= 4 is 29.2 Å². The molecule has 1 aliphatic carbocycles. The van der Waals surface area contributed by atoms with E-state index in [-0.39, 0.29) is 22.4 Å². The zero-order chi connectivity index (χ0) is 13.3. The van der Waals surface area contributed by atoms with Gasteiger partial charge in [-0.05, 0) is 37.0 Å². The molecule has 18 heavy (non-hydrogen) atoms. The summed E-state index contributed by atoms with van der Waals surface area (Å²) in [7, 11) is 0. The molecule has 2 N–H and O–H groups in total. The van der Waals surface area contributed by atoms with Crippen LogP contribution in [0.1, 0.15) is 30.1 Å². The molecule has 1 aromatic rings. The summed E-state index contributed by atoms with van der Waals surface area (Å²) in [6, 6.07) is 4.40. The maximum Gasteiger partial charge on any atom is 0.337 e. The highest BCUT2D eigenvalue weighted by molar-refractivity contribution is 6.33. The molecule has 1 saturated carbocycles. The minimum absolute atomic E-state index is 0.0112. The largest absolute Gasteiger partial charge is 0.478 e. The number of benzene rings is 1. The van der Waals surface area contributed by atoms with Gasteiger partial charge in [0.15, 0.2) is 0 Å². The molecule has 0 spiro atoms. The van der Waals surface area contributed by atoms with Crippen molar-refractivity contribution in [2.75, 3.05) is 5.32 Å². The number of hydrogen-bond donors (Lipinski definition) is 2. The van der Waals surface area contributed by atoms with Gasteiger partial charge in [0, 0.05) is 11.6 Å². The van der Waals surface area contributed by atoms with Crippen molar-refractivity contribution in [2.45, 2.75) is 19.8 Å². The number of anilines is 1. The molecular weight excluding hydrogens is 254 g/mol. The standard InChI is InChI=1S/C13H14ClNO3/c1-7(8-2-3-8)12(16)15-9-4-5-10(13(17)18)11(14)6-9/h4-8H,2-3H2,1H3,(H,15,16)(H,17,18). The first kappa shape index (κ1) is 12.9. The van der Waals surface area contributed by atoms with Crippen LogP contribution in [-0.2, 0) is 4.79 Å². The fourth-order valence-corrected chi connectivity index (χ4v) is 2.09. The van der Waals surface area contributed by atoms with E-state index in [0.29, 0.717) is 11.6 Å². The van der Waals surface area contributed by atoms with Gasteiger partial charge in [-0.1, -0.05) is 18.5 Å². The van der Waals surface area contributed by atoms with Crippen molar-refractivity contribution in [3.8, 4) is 0 Å². The highest BCUT2D eigenvalue weighted by Gasteiger charge is 2.32. The monoisotopic (exact) mass is 267 g/mol. The zero-order valence-corrected chi connectivity index (χ0v) is 10.7. The molecule has 96 valence electrons.